The van der Waals surface area contributed by atoms with E-state index in [1.807, 2.05) is 0 Å². The van der Waals surface area contributed by atoms with Gasteiger partial charge in [-0.05, 0) is 46.0 Å². The molecule has 2 fully saturated rings. The van der Waals surface area contributed by atoms with Gasteiger partial charge in [-0.3, -0.25) is 9.59 Å². The second kappa shape index (κ2) is 8.45. The van der Waals surface area contributed by atoms with Crippen LogP contribution >= 0.6 is 0 Å². The Labute approximate surface area is 161 Å². The summed E-state index contributed by atoms with van der Waals surface area (Å²) in [5.74, 6) is -1.35. The third-order valence-corrected chi connectivity index (χ3v) is 7.85. The SMILES string of the molecule is CC(C)(C)OC(=O)C1(S(=O)(=O)N2CCC(CCC(=O)O)CC2)CCOCC1. The first-order valence-electron chi connectivity index (χ1n) is 9.51. The number of carbonyl (C=O) groups excluding carboxylic acids is 1. The summed E-state index contributed by atoms with van der Waals surface area (Å²) in [7, 11) is -3.91. The molecule has 1 N–H and O–H groups in total. The van der Waals surface area contributed by atoms with Crippen molar-refractivity contribution in [1.29, 1.82) is 0 Å². The normalized spacial score (nSPS) is 22.3. The fraction of sp³-hybridized carbons (Fsp3) is 0.889. The predicted molar refractivity (Wildman–Crippen MR) is 98.7 cm³/mol. The van der Waals surface area contributed by atoms with Crippen LogP contribution < -0.4 is 0 Å². The molecule has 0 atom stereocenters. The highest BCUT2D eigenvalue weighted by Gasteiger charge is 2.56. The number of carboxylic acid groups (broad SMARTS) is 1. The van der Waals surface area contributed by atoms with E-state index in [0.717, 1.165) is 0 Å². The van der Waals surface area contributed by atoms with Gasteiger partial charge in [0.1, 0.15) is 5.60 Å². The maximum absolute atomic E-state index is 13.4. The lowest BCUT2D eigenvalue weighted by atomic mass is 9.93. The van der Waals surface area contributed by atoms with Gasteiger partial charge in [0.25, 0.3) is 0 Å². The van der Waals surface area contributed by atoms with E-state index < -0.39 is 32.3 Å². The molecule has 0 aromatic carbocycles. The van der Waals surface area contributed by atoms with Gasteiger partial charge in [-0.2, -0.15) is 0 Å². The van der Waals surface area contributed by atoms with Crippen molar-refractivity contribution in [3.8, 4) is 0 Å². The molecule has 8 nitrogen and oxygen atoms in total. The minimum absolute atomic E-state index is 0.0865. The lowest BCUT2D eigenvalue weighted by Gasteiger charge is -2.41. The number of hydrogen-bond acceptors (Lipinski definition) is 6. The summed E-state index contributed by atoms with van der Waals surface area (Å²) in [6, 6.07) is 0. The maximum Gasteiger partial charge on any atom is 0.329 e. The van der Waals surface area contributed by atoms with Crippen LogP contribution in [-0.4, -0.2) is 66.4 Å². The smallest absolute Gasteiger partial charge is 0.329 e. The Morgan fingerprint density at radius 1 is 1.19 bits per heavy atom. The largest absolute Gasteiger partial charge is 0.481 e. The van der Waals surface area contributed by atoms with Crippen molar-refractivity contribution < 1.29 is 32.6 Å². The van der Waals surface area contributed by atoms with Crippen LogP contribution in [0.4, 0.5) is 0 Å². The molecule has 0 aromatic rings. The van der Waals surface area contributed by atoms with Crippen molar-refractivity contribution in [1.82, 2.24) is 4.31 Å². The highest BCUT2D eigenvalue weighted by Crippen LogP contribution is 2.37. The minimum Gasteiger partial charge on any atom is -0.481 e. The summed E-state index contributed by atoms with van der Waals surface area (Å²) < 4.78 is 37.5. The van der Waals surface area contributed by atoms with Crippen LogP contribution in [0.25, 0.3) is 0 Å². The molecule has 0 radical (unpaired) electrons. The number of rotatable bonds is 6. The molecule has 2 aliphatic heterocycles. The monoisotopic (exact) mass is 405 g/mol. The number of carbonyl (C=O) groups is 2. The lowest BCUT2D eigenvalue weighted by Crippen LogP contribution is -2.59. The number of hydrogen-bond donors (Lipinski definition) is 1. The highest BCUT2D eigenvalue weighted by molar-refractivity contribution is 7.91. The Morgan fingerprint density at radius 3 is 2.22 bits per heavy atom. The maximum atomic E-state index is 13.4. The molecule has 2 heterocycles. The Hall–Kier alpha value is -1.19. The quantitative estimate of drug-likeness (QED) is 0.671. The third-order valence-electron chi connectivity index (χ3n) is 5.25. The fourth-order valence-electron chi connectivity index (χ4n) is 3.65. The number of esters is 1. The van der Waals surface area contributed by atoms with Crippen molar-refractivity contribution in [2.45, 2.75) is 69.6 Å². The molecule has 0 amide bonds. The molecule has 0 saturated carbocycles. The summed E-state index contributed by atoms with van der Waals surface area (Å²) in [6.07, 6.45) is 2.03. The summed E-state index contributed by atoms with van der Waals surface area (Å²) in [5.41, 5.74) is -0.776. The number of carboxylic acids is 1. The number of piperidine rings is 1. The Bertz CT molecular complexity index is 639. The molecule has 2 rings (SSSR count). The van der Waals surface area contributed by atoms with E-state index in [9.17, 15) is 18.0 Å². The molecule has 0 bridgehead atoms. The highest BCUT2D eigenvalue weighted by atomic mass is 32.2. The van der Waals surface area contributed by atoms with Crippen molar-refractivity contribution in [3.63, 3.8) is 0 Å². The lowest BCUT2D eigenvalue weighted by molar-refractivity contribution is -0.161. The topological polar surface area (TPSA) is 110 Å². The molecule has 9 heteroatoms. The summed E-state index contributed by atoms with van der Waals surface area (Å²) >= 11 is 0. The number of aliphatic carboxylic acids is 1. The van der Waals surface area contributed by atoms with E-state index in [1.54, 1.807) is 20.8 Å². The van der Waals surface area contributed by atoms with E-state index in [-0.39, 0.29) is 38.4 Å². The fourth-order valence-corrected chi connectivity index (χ4v) is 5.77. The van der Waals surface area contributed by atoms with E-state index >= 15 is 0 Å². The van der Waals surface area contributed by atoms with E-state index in [0.29, 0.717) is 32.4 Å². The minimum atomic E-state index is -3.91. The average Bonchev–Trinajstić information content (AvgIpc) is 2.59. The first-order chi connectivity index (χ1) is 12.5. The molecule has 27 heavy (non-hydrogen) atoms. The first kappa shape index (κ1) is 22.1. The van der Waals surface area contributed by atoms with Gasteiger partial charge in [-0.15, -0.1) is 0 Å². The summed E-state index contributed by atoms with van der Waals surface area (Å²) in [5, 5.41) is 8.81. The number of nitrogens with zero attached hydrogens (tertiary/aromatic N) is 1. The van der Waals surface area contributed by atoms with Gasteiger partial charge >= 0.3 is 11.9 Å². The second-order valence-corrected chi connectivity index (χ2v) is 10.6. The van der Waals surface area contributed by atoms with Crippen LogP contribution in [0.2, 0.25) is 0 Å². The zero-order valence-corrected chi connectivity index (χ0v) is 17.2. The Kier molecular flexibility index (Phi) is 6.91. The predicted octanol–water partition coefficient (Wildman–Crippen LogP) is 1.78. The molecule has 2 aliphatic rings. The molecule has 156 valence electrons. The van der Waals surface area contributed by atoms with Gasteiger partial charge in [-0.25, -0.2) is 12.7 Å². The number of sulfonamides is 1. The van der Waals surface area contributed by atoms with Crippen LogP contribution in [0.3, 0.4) is 0 Å². The molecule has 2 saturated heterocycles. The van der Waals surface area contributed by atoms with Crippen molar-refractivity contribution in [3.05, 3.63) is 0 Å². The van der Waals surface area contributed by atoms with Gasteiger partial charge in [0.05, 0.1) is 0 Å². The first-order valence-corrected chi connectivity index (χ1v) is 10.9. The molecular weight excluding hydrogens is 374 g/mol. The number of ether oxygens (including phenoxy) is 2. The molecular formula is C18H31NO7S. The molecule has 0 aliphatic carbocycles. The van der Waals surface area contributed by atoms with Crippen LogP contribution in [0.5, 0.6) is 0 Å². The zero-order chi connectivity index (χ0) is 20.3. The standard InChI is InChI=1S/C18H31NO7S/c1-17(2,3)26-16(22)18(8-12-25-13-9-18)27(23,24)19-10-6-14(7-11-19)4-5-15(20)21/h14H,4-13H2,1-3H3,(H,20,21). The molecule has 0 aromatic heterocycles. The van der Waals surface area contributed by atoms with Crippen LogP contribution in [0.1, 0.15) is 59.3 Å². The summed E-state index contributed by atoms with van der Waals surface area (Å²) in [6.45, 7) is 6.17. The van der Waals surface area contributed by atoms with Crippen molar-refractivity contribution in [2.24, 2.45) is 5.92 Å². The van der Waals surface area contributed by atoms with E-state index in [4.69, 9.17) is 14.6 Å². The van der Waals surface area contributed by atoms with Gasteiger partial charge in [0.15, 0.2) is 4.75 Å². The van der Waals surface area contributed by atoms with E-state index in [1.165, 1.54) is 4.31 Å². The van der Waals surface area contributed by atoms with Crippen molar-refractivity contribution in [2.75, 3.05) is 26.3 Å². The van der Waals surface area contributed by atoms with Gasteiger partial charge in [0, 0.05) is 45.6 Å². The summed E-state index contributed by atoms with van der Waals surface area (Å²) in [4.78, 5) is 23.7. The van der Waals surface area contributed by atoms with Gasteiger partial charge < -0.3 is 14.6 Å². The third kappa shape index (κ3) is 5.20. The van der Waals surface area contributed by atoms with Crippen LogP contribution in [-0.2, 0) is 29.1 Å². The van der Waals surface area contributed by atoms with Crippen molar-refractivity contribution >= 4 is 22.0 Å². The zero-order valence-electron chi connectivity index (χ0n) is 16.4. The molecule has 0 spiro atoms. The van der Waals surface area contributed by atoms with Crippen LogP contribution in [0, 0.1) is 5.92 Å². The van der Waals surface area contributed by atoms with Crippen LogP contribution in [0.15, 0.2) is 0 Å². The molecule has 0 unspecified atom stereocenters. The van der Waals surface area contributed by atoms with Gasteiger partial charge in [-0.1, -0.05) is 0 Å². The second-order valence-electron chi connectivity index (χ2n) is 8.39. The average molecular weight is 406 g/mol. The van der Waals surface area contributed by atoms with E-state index in [2.05, 4.69) is 0 Å². The Balaban J connectivity index is 2.15. The Morgan fingerprint density at radius 2 is 1.74 bits per heavy atom. The van der Waals surface area contributed by atoms with Gasteiger partial charge in [0.2, 0.25) is 10.0 Å².